The summed E-state index contributed by atoms with van der Waals surface area (Å²) in [6.45, 7) is 5.79. The Morgan fingerprint density at radius 1 is 0.892 bits per heavy atom. The summed E-state index contributed by atoms with van der Waals surface area (Å²) in [5.41, 5.74) is 3.33. The summed E-state index contributed by atoms with van der Waals surface area (Å²) in [4.78, 5) is 31.8. The van der Waals surface area contributed by atoms with Gasteiger partial charge in [0.25, 0.3) is 0 Å². The predicted octanol–water partition coefficient (Wildman–Crippen LogP) is 4.10. The molecule has 4 rings (SSSR count). The molecule has 0 saturated carbocycles. The molecule has 0 atom stereocenters. The molecule has 1 aliphatic heterocycles. The fourth-order valence-corrected chi connectivity index (χ4v) is 4.66. The molecule has 2 heterocycles. The minimum absolute atomic E-state index is 0.0183. The lowest BCUT2D eigenvalue weighted by atomic mass is 9.96. The van der Waals surface area contributed by atoms with Crippen LogP contribution in [-0.4, -0.2) is 71.0 Å². The van der Waals surface area contributed by atoms with E-state index in [0.29, 0.717) is 12.1 Å². The summed E-state index contributed by atoms with van der Waals surface area (Å²) >= 11 is 0. The zero-order chi connectivity index (χ0) is 25.9. The molecule has 1 aliphatic rings. The molecule has 7 heteroatoms. The molecule has 0 spiro atoms. The van der Waals surface area contributed by atoms with E-state index in [2.05, 4.69) is 80.8 Å². The highest BCUT2D eigenvalue weighted by molar-refractivity contribution is 5.91. The van der Waals surface area contributed by atoms with Crippen molar-refractivity contribution in [2.75, 3.05) is 39.3 Å². The number of aromatic carboxylic acids is 1. The van der Waals surface area contributed by atoms with Crippen molar-refractivity contribution >= 4 is 18.0 Å². The Balaban J connectivity index is 1.16. The quantitative estimate of drug-likeness (QED) is 0.306. The molecule has 2 N–H and O–H groups in total. The van der Waals surface area contributed by atoms with Crippen LogP contribution in [0.5, 0.6) is 0 Å². The number of carbonyl (C=O) groups excluding carboxylic acids is 1. The normalized spacial score (nSPS) is 14.7. The highest BCUT2D eigenvalue weighted by Gasteiger charge is 2.26. The topological polar surface area (TPSA) is 85.8 Å². The van der Waals surface area contributed by atoms with Gasteiger partial charge in [-0.15, -0.1) is 0 Å². The number of carbonyl (C=O) groups is 2. The zero-order valence-electron chi connectivity index (χ0n) is 21.0. The van der Waals surface area contributed by atoms with Crippen LogP contribution < -0.4 is 5.32 Å². The number of hydrogen-bond acceptors (Lipinski definition) is 5. The van der Waals surface area contributed by atoms with Crippen LogP contribution in [0, 0.1) is 0 Å². The number of hydrogen-bond donors (Lipinski definition) is 2. The second-order valence-corrected chi connectivity index (χ2v) is 9.21. The summed E-state index contributed by atoms with van der Waals surface area (Å²) in [6.07, 6.45) is 6.48. The second kappa shape index (κ2) is 13.5. The van der Waals surface area contributed by atoms with Crippen LogP contribution in [0.3, 0.4) is 0 Å². The van der Waals surface area contributed by atoms with Crippen molar-refractivity contribution in [3.63, 3.8) is 0 Å². The fraction of sp³-hybridized carbons (Fsp3) is 0.300. The molecule has 1 saturated heterocycles. The lowest BCUT2D eigenvalue weighted by Gasteiger charge is -2.39. The van der Waals surface area contributed by atoms with Crippen LogP contribution in [0.1, 0.15) is 46.1 Å². The number of carboxylic acids is 1. The van der Waals surface area contributed by atoms with Crippen LogP contribution in [0.25, 0.3) is 6.08 Å². The van der Waals surface area contributed by atoms with Gasteiger partial charge >= 0.3 is 5.97 Å². The Morgan fingerprint density at radius 2 is 1.54 bits per heavy atom. The van der Waals surface area contributed by atoms with Crippen LogP contribution >= 0.6 is 0 Å². The summed E-state index contributed by atoms with van der Waals surface area (Å²) in [5, 5.41) is 11.8. The average Bonchev–Trinajstić information content (AvgIpc) is 2.94. The van der Waals surface area contributed by atoms with E-state index >= 15 is 0 Å². The van der Waals surface area contributed by atoms with Crippen molar-refractivity contribution in [2.24, 2.45) is 0 Å². The van der Waals surface area contributed by atoms with E-state index in [9.17, 15) is 9.59 Å². The molecular weight excluding hydrogens is 464 g/mol. The molecule has 2 aromatic carbocycles. The van der Waals surface area contributed by atoms with E-state index < -0.39 is 5.97 Å². The lowest BCUT2D eigenvalue weighted by molar-refractivity contribution is -0.116. The van der Waals surface area contributed by atoms with Crippen LogP contribution in [0.2, 0.25) is 0 Å². The maximum absolute atomic E-state index is 12.1. The van der Waals surface area contributed by atoms with Gasteiger partial charge in [-0.1, -0.05) is 66.7 Å². The SMILES string of the molecule is O=C(C=Cc1ccc(C(=O)O)nc1)NCCCCN1CCN(C(c2ccccc2)c2ccccc2)CC1. The summed E-state index contributed by atoms with van der Waals surface area (Å²) in [7, 11) is 0. The minimum Gasteiger partial charge on any atom is -0.477 e. The number of aromatic nitrogens is 1. The molecule has 1 aromatic heterocycles. The van der Waals surface area contributed by atoms with Crippen molar-refractivity contribution in [3.05, 3.63) is 107 Å². The van der Waals surface area contributed by atoms with E-state index in [1.165, 1.54) is 29.5 Å². The molecule has 7 nitrogen and oxygen atoms in total. The Hall–Kier alpha value is -3.81. The van der Waals surface area contributed by atoms with Gasteiger partial charge in [0.1, 0.15) is 5.69 Å². The highest BCUT2D eigenvalue weighted by atomic mass is 16.4. The molecule has 0 aliphatic carbocycles. The van der Waals surface area contributed by atoms with E-state index in [4.69, 9.17) is 5.11 Å². The third-order valence-corrected chi connectivity index (χ3v) is 6.64. The van der Waals surface area contributed by atoms with Gasteiger partial charge in [-0.2, -0.15) is 0 Å². The summed E-state index contributed by atoms with van der Waals surface area (Å²) in [5.74, 6) is -1.23. The number of nitrogens with one attached hydrogen (secondary N) is 1. The van der Waals surface area contributed by atoms with Crippen LogP contribution in [-0.2, 0) is 4.79 Å². The van der Waals surface area contributed by atoms with Crippen molar-refractivity contribution < 1.29 is 14.7 Å². The van der Waals surface area contributed by atoms with Crippen molar-refractivity contribution in [3.8, 4) is 0 Å². The van der Waals surface area contributed by atoms with E-state index in [1.807, 2.05) is 0 Å². The molecule has 0 bridgehead atoms. The highest BCUT2D eigenvalue weighted by Crippen LogP contribution is 2.29. The first-order valence-electron chi connectivity index (χ1n) is 12.8. The number of carboxylic acid groups (broad SMARTS) is 1. The van der Waals surface area contributed by atoms with Crippen molar-refractivity contribution in [1.82, 2.24) is 20.1 Å². The number of piperazine rings is 1. The van der Waals surface area contributed by atoms with Gasteiger partial charge in [0.2, 0.25) is 5.91 Å². The van der Waals surface area contributed by atoms with Gasteiger partial charge in [-0.3, -0.25) is 9.69 Å². The Kier molecular flexibility index (Phi) is 9.57. The molecule has 192 valence electrons. The standard InChI is InChI=1S/C30H34N4O3/c35-28(16-14-24-13-15-27(30(36)37)32-23-24)31-17-7-8-18-33-19-21-34(22-20-33)29(25-9-3-1-4-10-25)26-11-5-2-6-12-26/h1-6,9-16,23,29H,7-8,17-22H2,(H,31,35)(H,36,37). The average molecular weight is 499 g/mol. The molecule has 0 radical (unpaired) electrons. The Morgan fingerprint density at radius 3 is 2.11 bits per heavy atom. The zero-order valence-corrected chi connectivity index (χ0v) is 21.0. The molecule has 1 amide bonds. The first-order chi connectivity index (χ1) is 18.1. The number of benzene rings is 2. The lowest BCUT2D eigenvalue weighted by Crippen LogP contribution is -2.48. The molecule has 1 fully saturated rings. The molecule has 0 unspecified atom stereocenters. The molecule has 3 aromatic rings. The van der Waals surface area contributed by atoms with Gasteiger partial charge < -0.3 is 15.3 Å². The van der Waals surface area contributed by atoms with Crippen LogP contribution in [0.15, 0.2) is 85.1 Å². The molecular formula is C30H34N4O3. The van der Waals surface area contributed by atoms with Gasteiger partial charge in [0.05, 0.1) is 6.04 Å². The Labute approximate surface area is 218 Å². The van der Waals surface area contributed by atoms with Gasteiger partial charge in [0.15, 0.2) is 0 Å². The van der Waals surface area contributed by atoms with Gasteiger partial charge in [-0.25, -0.2) is 9.78 Å². The number of nitrogens with zero attached hydrogens (tertiary/aromatic N) is 3. The number of amides is 1. The largest absolute Gasteiger partial charge is 0.477 e. The van der Waals surface area contributed by atoms with Gasteiger partial charge in [0, 0.05) is 45.0 Å². The monoisotopic (exact) mass is 498 g/mol. The van der Waals surface area contributed by atoms with Crippen molar-refractivity contribution in [1.29, 1.82) is 0 Å². The maximum atomic E-state index is 12.1. The summed E-state index contributed by atoms with van der Waals surface area (Å²) in [6, 6.07) is 24.8. The minimum atomic E-state index is -1.07. The third-order valence-electron chi connectivity index (χ3n) is 6.64. The smallest absolute Gasteiger partial charge is 0.354 e. The van der Waals surface area contributed by atoms with Gasteiger partial charge in [-0.05, 0) is 48.2 Å². The Bertz CT molecular complexity index is 1120. The number of rotatable bonds is 11. The van der Waals surface area contributed by atoms with E-state index in [-0.39, 0.29) is 17.6 Å². The number of unbranched alkanes of at least 4 members (excludes halogenated alkanes) is 1. The summed E-state index contributed by atoms with van der Waals surface area (Å²) < 4.78 is 0. The third kappa shape index (κ3) is 7.84. The van der Waals surface area contributed by atoms with E-state index in [0.717, 1.165) is 45.6 Å². The molecule has 37 heavy (non-hydrogen) atoms. The fourth-order valence-electron chi connectivity index (χ4n) is 4.66. The first kappa shape index (κ1) is 26.3. The number of pyridine rings is 1. The van der Waals surface area contributed by atoms with Crippen LogP contribution in [0.4, 0.5) is 0 Å². The maximum Gasteiger partial charge on any atom is 0.354 e. The first-order valence-corrected chi connectivity index (χ1v) is 12.8. The van der Waals surface area contributed by atoms with E-state index in [1.54, 1.807) is 12.1 Å². The second-order valence-electron chi connectivity index (χ2n) is 9.21. The predicted molar refractivity (Wildman–Crippen MR) is 145 cm³/mol. The van der Waals surface area contributed by atoms with Crippen molar-refractivity contribution in [2.45, 2.75) is 18.9 Å².